The minimum absolute atomic E-state index is 0.0813. The maximum Gasteiger partial charge on any atom is 0.225 e. The molecule has 5 rings (SSSR count). The molecule has 0 unspecified atom stereocenters. The van der Waals surface area contributed by atoms with Crippen molar-refractivity contribution in [2.24, 2.45) is 39.5 Å². The van der Waals surface area contributed by atoms with Crippen LogP contribution in [0, 0.1) is 28.1 Å². The van der Waals surface area contributed by atoms with Gasteiger partial charge in [-0.2, -0.15) is 0 Å². The fraction of sp³-hybridized carbons (Fsp3) is 0.680. The number of carbonyl (C=O) groups is 3. The van der Waals surface area contributed by atoms with Crippen molar-refractivity contribution in [1.82, 2.24) is 9.88 Å². The van der Waals surface area contributed by atoms with Gasteiger partial charge in [0.1, 0.15) is 12.0 Å². The molecule has 4 aliphatic rings. The Balaban J connectivity index is 1.50. The molecule has 2 saturated carbocycles. The topological polar surface area (TPSA) is 133 Å². The number of nitrogens with zero attached hydrogens (tertiary/aromatic N) is 2. The Hall–Kier alpha value is -2.48. The summed E-state index contributed by atoms with van der Waals surface area (Å²) in [6.07, 6.45) is 12.2. The van der Waals surface area contributed by atoms with Crippen molar-refractivity contribution in [1.29, 1.82) is 0 Å². The van der Waals surface area contributed by atoms with Crippen LogP contribution in [0.15, 0.2) is 22.8 Å². The number of hydrogen-bond acceptors (Lipinski definition) is 6. The van der Waals surface area contributed by atoms with Gasteiger partial charge in [-0.25, -0.2) is 4.98 Å². The first-order valence-corrected chi connectivity index (χ1v) is 12.2. The molecule has 2 bridgehead atoms. The van der Waals surface area contributed by atoms with Crippen LogP contribution in [0.2, 0.25) is 0 Å². The van der Waals surface area contributed by atoms with Crippen molar-refractivity contribution in [3.8, 4) is 0 Å². The Morgan fingerprint density at radius 2 is 1.70 bits per heavy atom. The van der Waals surface area contributed by atoms with Crippen LogP contribution in [-0.2, 0) is 16.0 Å². The zero-order valence-electron chi connectivity index (χ0n) is 19.3. The number of ketones is 1. The van der Waals surface area contributed by atoms with Gasteiger partial charge in [0.2, 0.25) is 11.8 Å². The van der Waals surface area contributed by atoms with Crippen LogP contribution in [0.4, 0.5) is 0 Å². The van der Waals surface area contributed by atoms with Gasteiger partial charge in [-0.05, 0) is 75.4 Å². The minimum Gasteiger partial charge on any atom is -0.448 e. The SMILES string of the molecule is CC(=O)c1coc(C[C@@]2(C(N)=O)[C@H]3C=C[C@H](C34CC4)[C@@]2(CCCCN2CCCC2)C(N)=O)n1. The fourth-order valence-corrected chi connectivity index (χ4v) is 7.57. The Morgan fingerprint density at radius 3 is 2.24 bits per heavy atom. The van der Waals surface area contributed by atoms with E-state index in [2.05, 4.69) is 22.0 Å². The smallest absolute Gasteiger partial charge is 0.225 e. The van der Waals surface area contributed by atoms with E-state index in [1.807, 2.05) is 0 Å². The molecular weight excluding hydrogens is 420 g/mol. The van der Waals surface area contributed by atoms with E-state index in [-0.39, 0.29) is 41.0 Å². The largest absolute Gasteiger partial charge is 0.448 e. The summed E-state index contributed by atoms with van der Waals surface area (Å²) in [6, 6.07) is 0. The van der Waals surface area contributed by atoms with Gasteiger partial charge < -0.3 is 20.8 Å². The summed E-state index contributed by atoms with van der Waals surface area (Å²) in [6.45, 7) is 4.67. The lowest BCUT2D eigenvalue weighted by molar-refractivity contribution is -0.152. The highest BCUT2D eigenvalue weighted by Crippen LogP contribution is 2.81. The van der Waals surface area contributed by atoms with Gasteiger partial charge in [0, 0.05) is 13.3 Å². The van der Waals surface area contributed by atoms with Crippen molar-refractivity contribution in [3.05, 3.63) is 30.0 Å². The summed E-state index contributed by atoms with van der Waals surface area (Å²) in [5.74, 6) is -1.21. The van der Waals surface area contributed by atoms with Crippen molar-refractivity contribution in [2.75, 3.05) is 19.6 Å². The van der Waals surface area contributed by atoms with Crippen molar-refractivity contribution in [3.63, 3.8) is 0 Å². The molecule has 3 aliphatic carbocycles. The van der Waals surface area contributed by atoms with E-state index in [0.29, 0.717) is 6.42 Å². The maximum atomic E-state index is 13.4. The number of primary amides is 2. The molecule has 0 radical (unpaired) electrons. The van der Waals surface area contributed by atoms with Gasteiger partial charge in [0.25, 0.3) is 0 Å². The third-order valence-corrected chi connectivity index (χ3v) is 9.14. The summed E-state index contributed by atoms with van der Waals surface area (Å²) >= 11 is 0. The summed E-state index contributed by atoms with van der Waals surface area (Å²) in [5, 5.41) is 0. The average molecular weight is 455 g/mol. The molecule has 1 spiro atoms. The number of amides is 2. The molecule has 0 aromatic carbocycles. The first-order valence-electron chi connectivity index (χ1n) is 12.2. The molecule has 4 atom stereocenters. The summed E-state index contributed by atoms with van der Waals surface area (Å²) < 4.78 is 5.60. The van der Waals surface area contributed by atoms with E-state index in [4.69, 9.17) is 15.9 Å². The normalized spacial score (nSPS) is 33.7. The number of Topliss-reactive ketones (excluding diaryl/α,β-unsaturated/α-hetero) is 1. The van der Waals surface area contributed by atoms with Crippen LogP contribution in [0.3, 0.4) is 0 Å². The number of allylic oxidation sites excluding steroid dienone is 2. The molecule has 4 N–H and O–H groups in total. The third kappa shape index (κ3) is 3.06. The van der Waals surface area contributed by atoms with E-state index in [1.54, 1.807) is 0 Å². The first kappa shape index (κ1) is 22.3. The van der Waals surface area contributed by atoms with Gasteiger partial charge in [-0.1, -0.05) is 18.6 Å². The molecule has 1 aliphatic heterocycles. The Kier molecular flexibility index (Phi) is 5.27. The summed E-state index contributed by atoms with van der Waals surface area (Å²) in [5.41, 5.74) is 10.2. The zero-order valence-corrected chi connectivity index (χ0v) is 19.3. The molecule has 1 aromatic heterocycles. The third-order valence-electron chi connectivity index (χ3n) is 9.14. The Morgan fingerprint density at radius 1 is 1.06 bits per heavy atom. The predicted octanol–water partition coefficient (Wildman–Crippen LogP) is 2.23. The van der Waals surface area contributed by atoms with Gasteiger partial charge in [-0.3, -0.25) is 14.4 Å². The number of nitrogens with two attached hydrogens (primary N) is 2. The highest BCUT2D eigenvalue weighted by molar-refractivity contribution is 5.95. The van der Waals surface area contributed by atoms with E-state index < -0.39 is 22.6 Å². The standard InChI is InChI=1S/C25H34N4O4/c1-16(30)17-15-33-20(28-17)14-25(22(27)32)19-7-6-18(23(19)9-10-23)24(25,21(26)31)8-2-3-11-29-12-4-5-13-29/h6-7,15,18-19H,2-5,8-14H2,1H3,(H2,26,31)(H2,27,32)/t18-,19+,24+,25+/m1/s1. The molecule has 2 amide bonds. The average Bonchev–Trinajstić information content (AvgIpc) is 3.12. The van der Waals surface area contributed by atoms with Gasteiger partial charge >= 0.3 is 0 Å². The number of unbranched alkanes of at least 4 members (excludes halogenated alkanes) is 1. The van der Waals surface area contributed by atoms with Crippen LogP contribution in [-0.4, -0.2) is 47.1 Å². The summed E-state index contributed by atoms with van der Waals surface area (Å²) in [7, 11) is 0. The van der Waals surface area contributed by atoms with Crippen molar-refractivity contribution in [2.45, 2.75) is 58.3 Å². The number of hydrogen-bond donors (Lipinski definition) is 2. The molecule has 1 saturated heterocycles. The molecule has 1 aromatic rings. The highest BCUT2D eigenvalue weighted by atomic mass is 16.3. The fourth-order valence-electron chi connectivity index (χ4n) is 7.57. The molecular formula is C25H34N4O4. The Bertz CT molecular complexity index is 1010. The highest BCUT2D eigenvalue weighted by Gasteiger charge is 2.82. The van der Waals surface area contributed by atoms with Crippen molar-refractivity contribution < 1.29 is 18.8 Å². The second-order valence-electron chi connectivity index (χ2n) is 10.6. The lowest BCUT2D eigenvalue weighted by atomic mass is 9.53. The molecule has 3 fully saturated rings. The monoisotopic (exact) mass is 454 g/mol. The van der Waals surface area contributed by atoms with Crippen LogP contribution < -0.4 is 11.5 Å². The molecule has 8 heteroatoms. The lowest BCUT2D eigenvalue weighted by Gasteiger charge is -2.47. The van der Waals surface area contributed by atoms with Crippen LogP contribution in [0.25, 0.3) is 0 Å². The van der Waals surface area contributed by atoms with E-state index in [9.17, 15) is 14.4 Å². The van der Waals surface area contributed by atoms with Crippen molar-refractivity contribution >= 4 is 17.6 Å². The van der Waals surface area contributed by atoms with Crippen LogP contribution >= 0.6 is 0 Å². The summed E-state index contributed by atoms with van der Waals surface area (Å²) in [4.78, 5) is 45.3. The lowest BCUT2D eigenvalue weighted by Crippen LogP contribution is -2.60. The number of aromatic nitrogens is 1. The second kappa shape index (κ2) is 7.79. The number of likely N-dealkylation sites (tertiary alicyclic amines) is 1. The van der Waals surface area contributed by atoms with Gasteiger partial charge in [0.15, 0.2) is 11.7 Å². The van der Waals surface area contributed by atoms with Gasteiger partial charge in [0.05, 0.1) is 10.8 Å². The zero-order chi connectivity index (χ0) is 23.4. The first-order chi connectivity index (χ1) is 15.8. The van der Waals surface area contributed by atoms with Gasteiger partial charge in [-0.15, -0.1) is 0 Å². The predicted molar refractivity (Wildman–Crippen MR) is 121 cm³/mol. The molecule has 8 nitrogen and oxygen atoms in total. The second-order valence-corrected chi connectivity index (χ2v) is 10.6. The molecule has 2 heterocycles. The minimum atomic E-state index is -1.21. The Labute approximate surface area is 194 Å². The van der Waals surface area contributed by atoms with E-state index in [0.717, 1.165) is 45.3 Å². The van der Waals surface area contributed by atoms with Crippen LogP contribution in [0.1, 0.15) is 68.2 Å². The van der Waals surface area contributed by atoms with E-state index >= 15 is 0 Å². The number of carbonyl (C=O) groups excluding carboxylic acids is 3. The quantitative estimate of drug-likeness (QED) is 0.316. The number of rotatable bonds is 10. The molecule has 178 valence electrons. The van der Waals surface area contributed by atoms with Crippen LogP contribution in [0.5, 0.6) is 0 Å². The van der Waals surface area contributed by atoms with E-state index in [1.165, 1.54) is 26.0 Å². The maximum absolute atomic E-state index is 13.4. The molecule has 33 heavy (non-hydrogen) atoms. The number of oxazole rings is 1.